The van der Waals surface area contributed by atoms with Crippen molar-refractivity contribution in [2.75, 3.05) is 0 Å². The first-order valence-electron chi connectivity index (χ1n) is 1.56. The molecule has 0 spiro atoms. The molecule has 2 radical (unpaired) electrons. The molecule has 0 aliphatic rings. The largest absolute Gasteiger partial charge is 0.304 e. The Hall–Kier alpha value is -0.645. The van der Waals surface area contributed by atoms with Crippen LogP contribution in [0.5, 0.6) is 0 Å². The predicted molar refractivity (Wildman–Crippen MR) is 26.4 cm³/mol. The fraction of sp³-hybridized carbons (Fsp3) is 0. The smallest absolute Gasteiger partial charge is 0.267 e. The number of aromatic nitrogens is 4. The van der Waals surface area contributed by atoms with Crippen molar-refractivity contribution in [3.8, 4) is 0 Å². The molecule has 0 aliphatic heterocycles. The van der Waals surface area contributed by atoms with E-state index in [2.05, 4.69) is 27.7 Å². The van der Waals surface area contributed by atoms with Crippen LogP contribution in [0.25, 0.3) is 0 Å². The van der Waals surface area contributed by atoms with Gasteiger partial charge in [-0.1, -0.05) is 5.21 Å². The standard InChI is InChI=1S/CHBN4S/c2-6-1(7)3-4-5-6/h(H,3,5,7). The Morgan fingerprint density at radius 3 is 2.71 bits per heavy atom. The van der Waals surface area contributed by atoms with Gasteiger partial charge in [0.2, 0.25) is 4.77 Å². The monoisotopic (exact) mass is 112 g/mol. The summed E-state index contributed by atoms with van der Waals surface area (Å²) in [6.45, 7) is 0. The zero-order valence-electron chi connectivity index (χ0n) is 3.33. The first-order valence-corrected chi connectivity index (χ1v) is 1.96. The number of hydrogen-bond acceptors (Lipinski definition) is 3. The van der Waals surface area contributed by atoms with Crippen LogP contribution in [-0.2, 0) is 0 Å². The molecule has 0 amide bonds. The van der Waals surface area contributed by atoms with E-state index < -0.39 is 0 Å². The van der Waals surface area contributed by atoms with Gasteiger partial charge in [-0.05, 0) is 12.2 Å². The summed E-state index contributed by atoms with van der Waals surface area (Å²) in [5, 5.41) is 8.94. The normalized spacial score (nSPS) is 9.14. The number of nitrogens with one attached hydrogen (secondary N) is 1. The molecule has 0 aliphatic carbocycles. The molecule has 34 valence electrons. The molecule has 1 heterocycles. The number of aromatic amines is 1. The van der Waals surface area contributed by atoms with Crippen LogP contribution in [0, 0.1) is 4.77 Å². The van der Waals surface area contributed by atoms with Gasteiger partial charge in [-0.2, -0.15) is 0 Å². The van der Waals surface area contributed by atoms with E-state index in [0.29, 0.717) is 0 Å². The number of nitrogens with zero attached hydrogens (tertiary/aromatic N) is 3. The lowest BCUT2D eigenvalue weighted by Gasteiger charge is -1.77. The number of hydrogen-bond donors (Lipinski definition) is 1. The first kappa shape index (κ1) is 4.51. The molecule has 0 saturated heterocycles. The molecule has 0 atom stereocenters. The van der Waals surface area contributed by atoms with Crippen LogP contribution in [0.3, 0.4) is 0 Å². The molecule has 1 N–H and O–H groups in total. The van der Waals surface area contributed by atoms with Crippen LogP contribution < -0.4 is 0 Å². The highest BCUT2D eigenvalue weighted by molar-refractivity contribution is 7.71. The third-order valence-corrected chi connectivity index (χ3v) is 0.772. The molecule has 6 heteroatoms. The van der Waals surface area contributed by atoms with Gasteiger partial charge < -0.3 is 4.59 Å². The lowest BCUT2D eigenvalue weighted by molar-refractivity contribution is 0.844. The second-order valence-electron chi connectivity index (χ2n) is 0.953. The molecular weight excluding hydrogens is 111 g/mol. The molecule has 4 nitrogen and oxygen atoms in total. The molecule has 1 aromatic rings. The Morgan fingerprint density at radius 2 is 2.57 bits per heavy atom. The van der Waals surface area contributed by atoms with E-state index in [1.807, 2.05) is 0 Å². The van der Waals surface area contributed by atoms with E-state index in [-0.39, 0.29) is 4.77 Å². The zero-order chi connectivity index (χ0) is 5.28. The maximum Gasteiger partial charge on any atom is 0.267 e. The maximum atomic E-state index is 5.07. The van der Waals surface area contributed by atoms with E-state index in [0.717, 1.165) is 4.59 Å². The van der Waals surface area contributed by atoms with Gasteiger partial charge in [-0.25, -0.2) is 5.21 Å². The Balaban J connectivity index is 3.39. The summed E-state index contributed by atoms with van der Waals surface area (Å²) >= 11 is 4.52. The van der Waals surface area contributed by atoms with E-state index in [1.54, 1.807) is 0 Å². The van der Waals surface area contributed by atoms with Crippen molar-refractivity contribution in [1.82, 2.24) is 20.1 Å². The minimum atomic E-state index is 0.250. The third-order valence-electron chi connectivity index (χ3n) is 0.494. The Kier molecular flexibility index (Phi) is 0.938. The molecule has 0 unspecified atom stereocenters. The summed E-state index contributed by atoms with van der Waals surface area (Å²) in [6, 6.07) is 0. The summed E-state index contributed by atoms with van der Waals surface area (Å²) in [4.78, 5) is 0. The predicted octanol–water partition coefficient (Wildman–Crippen LogP) is -0.733. The van der Waals surface area contributed by atoms with Crippen LogP contribution in [0.15, 0.2) is 0 Å². The maximum absolute atomic E-state index is 5.07. The topological polar surface area (TPSA) is 46.5 Å². The van der Waals surface area contributed by atoms with E-state index >= 15 is 0 Å². The van der Waals surface area contributed by atoms with Crippen molar-refractivity contribution in [3.63, 3.8) is 0 Å². The second kappa shape index (κ2) is 1.45. The highest BCUT2D eigenvalue weighted by atomic mass is 32.1. The molecule has 1 rings (SSSR count). The zero-order valence-corrected chi connectivity index (χ0v) is 4.14. The molecule has 7 heavy (non-hydrogen) atoms. The van der Waals surface area contributed by atoms with Crippen LogP contribution in [0.1, 0.15) is 0 Å². The summed E-state index contributed by atoms with van der Waals surface area (Å²) < 4.78 is 1.30. The lowest BCUT2D eigenvalue weighted by atomic mass is 10.5. The van der Waals surface area contributed by atoms with Gasteiger partial charge in [-0.15, -0.1) is 5.10 Å². The third kappa shape index (κ3) is 0.689. The Bertz CT molecular complexity index is 199. The fourth-order valence-electron chi connectivity index (χ4n) is 0.204. The summed E-state index contributed by atoms with van der Waals surface area (Å²) in [7, 11) is 5.07. The fourth-order valence-corrected chi connectivity index (χ4v) is 0.286. The van der Waals surface area contributed by atoms with Crippen molar-refractivity contribution >= 4 is 20.2 Å². The minimum Gasteiger partial charge on any atom is -0.304 e. The van der Waals surface area contributed by atoms with E-state index in [9.17, 15) is 0 Å². The number of rotatable bonds is 0. The van der Waals surface area contributed by atoms with E-state index in [1.165, 1.54) is 0 Å². The summed E-state index contributed by atoms with van der Waals surface area (Å²) in [5.74, 6) is 0. The Labute approximate surface area is 45.9 Å². The van der Waals surface area contributed by atoms with Crippen LogP contribution >= 0.6 is 12.2 Å². The average molecular weight is 112 g/mol. The van der Waals surface area contributed by atoms with E-state index in [4.69, 9.17) is 7.98 Å². The van der Waals surface area contributed by atoms with Crippen molar-refractivity contribution < 1.29 is 0 Å². The van der Waals surface area contributed by atoms with Crippen LogP contribution in [0.4, 0.5) is 0 Å². The van der Waals surface area contributed by atoms with Crippen molar-refractivity contribution in [2.45, 2.75) is 0 Å². The minimum absolute atomic E-state index is 0.250. The van der Waals surface area contributed by atoms with Gasteiger partial charge in [0.15, 0.2) is 0 Å². The van der Waals surface area contributed by atoms with Gasteiger partial charge in [0.25, 0.3) is 7.98 Å². The average Bonchev–Trinajstić information content (AvgIpc) is 1.91. The highest BCUT2D eigenvalue weighted by Crippen LogP contribution is 1.69. The quantitative estimate of drug-likeness (QED) is 0.355. The van der Waals surface area contributed by atoms with Crippen molar-refractivity contribution in [1.29, 1.82) is 0 Å². The van der Waals surface area contributed by atoms with Gasteiger partial charge in [0, 0.05) is 0 Å². The van der Waals surface area contributed by atoms with Gasteiger partial charge in [-0.3, -0.25) is 0 Å². The van der Waals surface area contributed by atoms with Gasteiger partial charge in [0.1, 0.15) is 0 Å². The lowest BCUT2D eigenvalue weighted by Crippen LogP contribution is -1.92. The number of tetrazole rings is 1. The van der Waals surface area contributed by atoms with Crippen LogP contribution in [0.2, 0.25) is 0 Å². The second-order valence-corrected chi connectivity index (χ2v) is 1.32. The molecule has 0 saturated carbocycles. The van der Waals surface area contributed by atoms with Crippen molar-refractivity contribution in [2.24, 2.45) is 0 Å². The molecule has 0 bridgehead atoms. The molecule has 1 aromatic heterocycles. The van der Waals surface area contributed by atoms with Crippen molar-refractivity contribution in [3.05, 3.63) is 4.77 Å². The van der Waals surface area contributed by atoms with Crippen LogP contribution in [-0.4, -0.2) is 28.1 Å². The summed E-state index contributed by atoms with van der Waals surface area (Å²) in [5.41, 5.74) is 0. The molecule has 0 aromatic carbocycles. The Morgan fingerprint density at radius 1 is 1.86 bits per heavy atom. The molecular formula is CHBN4S. The number of H-pyrrole nitrogens is 1. The highest BCUT2D eigenvalue weighted by Gasteiger charge is 1.79. The SMILES string of the molecule is [B]n1[nH]nnc1=S. The summed E-state index contributed by atoms with van der Waals surface area (Å²) in [6.07, 6.45) is 0. The van der Waals surface area contributed by atoms with Gasteiger partial charge in [0.05, 0.1) is 0 Å². The first-order chi connectivity index (χ1) is 3.30. The van der Waals surface area contributed by atoms with Gasteiger partial charge >= 0.3 is 0 Å². The molecule has 0 fully saturated rings.